The summed E-state index contributed by atoms with van der Waals surface area (Å²) in [5.74, 6) is -4.74. The zero-order chi connectivity index (χ0) is 22.0. The number of hydrogen-bond donors (Lipinski definition) is 6. The van der Waals surface area contributed by atoms with Crippen LogP contribution in [0.4, 0.5) is 0 Å². The van der Waals surface area contributed by atoms with Crippen LogP contribution in [0.2, 0.25) is 0 Å². The highest BCUT2D eigenvalue weighted by atomic mass is 16.4. The van der Waals surface area contributed by atoms with Crippen molar-refractivity contribution >= 4 is 29.7 Å². The van der Waals surface area contributed by atoms with Crippen molar-refractivity contribution in [1.82, 2.24) is 16.0 Å². The first-order valence-electron chi connectivity index (χ1n) is 8.71. The van der Waals surface area contributed by atoms with E-state index in [-0.39, 0.29) is 6.42 Å². The molecule has 0 aromatic heterocycles. The molecule has 7 N–H and O–H groups in total. The minimum absolute atomic E-state index is 0.0732. The zero-order valence-electron chi connectivity index (χ0n) is 15.8. The predicted molar refractivity (Wildman–Crippen MR) is 101 cm³/mol. The topological polar surface area (TPSA) is 188 Å². The Labute approximate surface area is 166 Å². The van der Waals surface area contributed by atoms with Crippen LogP contribution in [0, 0.1) is 0 Å². The van der Waals surface area contributed by atoms with Crippen LogP contribution in [-0.4, -0.2) is 64.5 Å². The molecule has 0 fully saturated rings. The molecular formula is C18H24N4O7. The molecular weight excluding hydrogens is 384 g/mol. The fraction of sp³-hybridized carbons (Fsp3) is 0.389. The quantitative estimate of drug-likeness (QED) is 0.248. The number of carbonyl (C=O) groups is 5. The van der Waals surface area contributed by atoms with Crippen LogP contribution in [0.5, 0.6) is 0 Å². The molecule has 0 saturated heterocycles. The summed E-state index contributed by atoms with van der Waals surface area (Å²) >= 11 is 0. The van der Waals surface area contributed by atoms with Gasteiger partial charge in [0.1, 0.15) is 12.1 Å². The molecule has 1 aromatic carbocycles. The Balaban J connectivity index is 2.48. The van der Waals surface area contributed by atoms with Gasteiger partial charge in [0.25, 0.3) is 0 Å². The molecule has 11 nitrogen and oxygen atoms in total. The highest BCUT2D eigenvalue weighted by Crippen LogP contribution is 2.03. The Morgan fingerprint density at radius 1 is 1.00 bits per heavy atom. The first-order valence-corrected chi connectivity index (χ1v) is 8.71. The molecule has 3 unspecified atom stereocenters. The second kappa shape index (κ2) is 11.4. The van der Waals surface area contributed by atoms with Crippen molar-refractivity contribution in [2.24, 2.45) is 5.73 Å². The Bertz CT molecular complexity index is 754. The molecule has 0 heterocycles. The van der Waals surface area contributed by atoms with Gasteiger partial charge in [-0.05, 0) is 12.5 Å². The van der Waals surface area contributed by atoms with Gasteiger partial charge in [-0.25, -0.2) is 4.79 Å². The van der Waals surface area contributed by atoms with Crippen LogP contribution in [0.3, 0.4) is 0 Å². The number of carbonyl (C=O) groups excluding carboxylic acids is 3. The summed E-state index contributed by atoms with van der Waals surface area (Å²) in [6, 6.07) is 5.15. The summed E-state index contributed by atoms with van der Waals surface area (Å²) in [5, 5.41) is 24.7. The van der Waals surface area contributed by atoms with E-state index in [0.29, 0.717) is 0 Å². The highest BCUT2D eigenvalue weighted by Gasteiger charge is 2.23. The Morgan fingerprint density at radius 2 is 1.62 bits per heavy atom. The molecule has 0 bridgehead atoms. The lowest BCUT2D eigenvalue weighted by atomic mass is 10.1. The SMILES string of the molecule is CC(NC(=O)C(N)CC(=O)O)C(=O)NCC(=O)NC(Cc1ccccc1)C(=O)O. The zero-order valence-corrected chi connectivity index (χ0v) is 15.8. The van der Waals surface area contributed by atoms with E-state index in [1.54, 1.807) is 30.3 Å². The number of benzene rings is 1. The summed E-state index contributed by atoms with van der Waals surface area (Å²) < 4.78 is 0. The summed E-state index contributed by atoms with van der Waals surface area (Å²) in [5.41, 5.74) is 6.11. The number of carboxylic acid groups (broad SMARTS) is 2. The third-order valence-corrected chi connectivity index (χ3v) is 3.82. The molecule has 29 heavy (non-hydrogen) atoms. The Hall–Kier alpha value is -3.47. The largest absolute Gasteiger partial charge is 0.481 e. The van der Waals surface area contributed by atoms with Crippen LogP contribution in [-0.2, 0) is 30.4 Å². The summed E-state index contributed by atoms with van der Waals surface area (Å²) in [4.78, 5) is 57.5. The molecule has 0 aliphatic rings. The maximum atomic E-state index is 12.0. The maximum absolute atomic E-state index is 12.0. The first kappa shape index (κ1) is 23.6. The number of carboxylic acids is 2. The van der Waals surface area contributed by atoms with Crippen LogP contribution in [0.25, 0.3) is 0 Å². The second-order valence-electron chi connectivity index (χ2n) is 6.30. The van der Waals surface area contributed by atoms with Gasteiger partial charge in [-0.1, -0.05) is 30.3 Å². The third-order valence-electron chi connectivity index (χ3n) is 3.82. The monoisotopic (exact) mass is 408 g/mol. The molecule has 3 amide bonds. The fourth-order valence-electron chi connectivity index (χ4n) is 2.28. The highest BCUT2D eigenvalue weighted by molar-refractivity contribution is 5.93. The van der Waals surface area contributed by atoms with Gasteiger partial charge in [-0.15, -0.1) is 0 Å². The van der Waals surface area contributed by atoms with E-state index in [9.17, 15) is 29.1 Å². The fourth-order valence-corrected chi connectivity index (χ4v) is 2.28. The van der Waals surface area contributed by atoms with E-state index in [2.05, 4.69) is 16.0 Å². The first-order chi connectivity index (χ1) is 13.6. The lowest BCUT2D eigenvalue weighted by Crippen LogP contribution is -2.52. The molecule has 0 spiro atoms. The minimum atomic E-state index is -1.32. The van der Waals surface area contributed by atoms with Crippen molar-refractivity contribution in [2.75, 3.05) is 6.54 Å². The van der Waals surface area contributed by atoms with E-state index >= 15 is 0 Å². The van der Waals surface area contributed by atoms with E-state index in [1.807, 2.05) is 0 Å². The standard InChI is InChI=1S/C18H24N4O7/c1-10(21-17(27)12(19)8-15(24)25)16(26)20-9-14(23)22-13(18(28)29)7-11-5-3-2-4-6-11/h2-6,10,12-13H,7-9,19H2,1H3,(H,20,26)(H,21,27)(H,22,23)(H,24,25)(H,28,29). The third kappa shape index (κ3) is 8.84. The normalized spacial score (nSPS) is 13.4. The molecule has 0 saturated carbocycles. The number of nitrogens with two attached hydrogens (primary N) is 1. The summed E-state index contributed by atoms with van der Waals surface area (Å²) in [7, 11) is 0. The molecule has 11 heteroatoms. The summed E-state index contributed by atoms with van der Waals surface area (Å²) in [6.45, 7) is 0.826. The summed E-state index contributed by atoms with van der Waals surface area (Å²) in [6.07, 6.45) is -0.523. The lowest BCUT2D eigenvalue weighted by Gasteiger charge is -2.18. The van der Waals surface area contributed by atoms with Gasteiger partial charge in [0.05, 0.1) is 19.0 Å². The van der Waals surface area contributed by atoms with E-state index in [4.69, 9.17) is 10.8 Å². The van der Waals surface area contributed by atoms with Crippen molar-refractivity contribution in [2.45, 2.75) is 37.9 Å². The molecule has 0 radical (unpaired) electrons. The van der Waals surface area contributed by atoms with Gasteiger partial charge in [-0.2, -0.15) is 0 Å². The van der Waals surface area contributed by atoms with Crippen LogP contribution >= 0.6 is 0 Å². The van der Waals surface area contributed by atoms with Gasteiger partial charge in [0.2, 0.25) is 17.7 Å². The van der Waals surface area contributed by atoms with Gasteiger partial charge in [0.15, 0.2) is 0 Å². The minimum Gasteiger partial charge on any atom is -0.481 e. The number of rotatable bonds is 11. The van der Waals surface area contributed by atoms with Crippen molar-refractivity contribution < 1.29 is 34.2 Å². The van der Waals surface area contributed by atoms with Crippen LogP contribution in [0.15, 0.2) is 30.3 Å². The maximum Gasteiger partial charge on any atom is 0.326 e. The van der Waals surface area contributed by atoms with Crippen molar-refractivity contribution in [1.29, 1.82) is 0 Å². The number of hydrogen-bond acceptors (Lipinski definition) is 6. The molecule has 1 aromatic rings. The Kier molecular flexibility index (Phi) is 9.26. The van der Waals surface area contributed by atoms with Gasteiger partial charge < -0.3 is 31.9 Å². The molecule has 3 atom stereocenters. The van der Waals surface area contributed by atoms with E-state index < -0.39 is 60.8 Å². The Morgan fingerprint density at radius 3 is 2.17 bits per heavy atom. The molecule has 1 rings (SSSR count). The molecule has 0 aliphatic carbocycles. The average Bonchev–Trinajstić information content (AvgIpc) is 2.65. The van der Waals surface area contributed by atoms with E-state index in [1.165, 1.54) is 6.92 Å². The van der Waals surface area contributed by atoms with Gasteiger partial charge in [0, 0.05) is 6.42 Å². The van der Waals surface area contributed by atoms with E-state index in [0.717, 1.165) is 5.56 Å². The van der Waals surface area contributed by atoms with Crippen molar-refractivity contribution in [3.05, 3.63) is 35.9 Å². The number of aliphatic carboxylic acids is 2. The average molecular weight is 408 g/mol. The smallest absolute Gasteiger partial charge is 0.326 e. The predicted octanol–water partition coefficient (Wildman–Crippen LogP) is -1.78. The van der Waals surface area contributed by atoms with Crippen molar-refractivity contribution in [3.8, 4) is 0 Å². The molecule has 0 aliphatic heterocycles. The number of nitrogens with one attached hydrogen (secondary N) is 3. The van der Waals surface area contributed by atoms with Crippen LogP contribution in [0.1, 0.15) is 18.9 Å². The van der Waals surface area contributed by atoms with Gasteiger partial charge >= 0.3 is 11.9 Å². The van der Waals surface area contributed by atoms with Crippen molar-refractivity contribution in [3.63, 3.8) is 0 Å². The number of amides is 3. The van der Waals surface area contributed by atoms with Crippen LogP contribution < -0.4 is 21.7 Å². The van der Waals surface area contributed by atoms with Gasteiger partial charge in [-0.3, -0.25) is 19.2 Å². The lowest BCUT2D eigenvalue weighted by molar-refractivity contribution is -0.141. The second-order valence-corrected chi connectivity index (χ2v) is 6.30. The molecule has 158 valence electrons.